The number of halogens is 1. The van der Waals surface area contributed by atoms with Crippen molar-refractivity contribution in [3.8, 4) is 11.9 Å². The molecule has 1 aromatic carbocycles. The van der Waals surface area contributed by atoms with Crippen molar-refractivity contribution >= 4 is 28.9 Å². The Morgan fingerprint density at radius 2 is 1.96 bits per heavy atom. The highest BCUT2D eigenvalue weighted by Crippen LogP contribution is 2.24. The molecule has 238 valence electrons. The lowest BCUT2D eigenvalue weighted by molar-refractivity contribution is -0.121. The number of hydrogen-bond donors (Lipinski definition) is 0. The van der Waals surface area contributed by atoms with Gasteiger partial charge in [0.05, 0.1) is 37.4 Å². The maximum absolute atomic E-state index is 14.3. The molecule has 0 aliphatic carbocycles. The standard InChI is InChI=1S/C33H34FN7O5/c1-33(2,3)46-32(43)26-10-9-25-31(37-26)41(17-23-11-14-44-23)28(36-25)18-39-12-13-40(30(42)19-39)27-5-4-6-29(38-27)45-20-22-8-7-21(16-35)15-24(22)34/h4-10,15,23H,11-14,17-20H2,1-3H3/t23-/m0/s1. The lowest BCUT2D eigenvalue weighted by Crippen LogP contribution is -2.50. The molecular weight excluding hydrogens is 593 g/mol. The molecule has 1 amide bonds. The molecule has 5 heterocycles. The van der Waals surface area contributed by atoms with Crippen molar-refractivity contribution in [1.82, 2.24) is 24.4 Å². The Morgan fingerprint density at radius 1 is 1.13 bits per heavy atom. The summed E-state index contributed by atoms with van der Waals surface area (Å²) in [6.07, 6.45) is 0.941. The molecule has 1 atom stereocenters. The monoisotopic (exact) mass is 627 g/mol. The second kappa shape index (κ2) is 12.8. The van der Waals surface area contributed by atoms with Crippen molar-refractivity contribution in [2.24, 2.45) is 0 Å². The molecule has 0 unspecified atom stereocenters. The quantitative estimate of drug-likeness (QED) is 0.251. The van der Waals surface area contributed by atoms with Crippen LogP contribution in [-0.4, -0.2) is 74.2 Å². The van der Waals surface area contributed by atoms with Gasteiger partial charge in [0.25, 0.3) is 0 Å². The number of piperazine rings is 1. The zero-order chi connectivity index (χ0) is 32.4. The number of esters is 1. The fraction of sp³-hybridized carbons (Fsp3) is 0.394. The number of nitriles is 1. The van der Waals surface area contributed by atoms with E-state index in [9.17, 15) is 14.0 Å². The average Bonchev–Trinajstić information content (AvgIpc) is 3.33. The van der Waals surface area contributed by atoms with E-state index in [1.54, 1.807) is 35.2 Å². The summed E-state index contributed by atoms with van der Waals surface area (Å²) in [5.74, 6) is 0.246. The number of nitrogens with zero attached hydrogens (tertiary/aromatic N) is 7. The Hall–Kier alpha value is -4.93. The van der Waals surface area contributed by atoms with Crippen LogP contribution in [0.5, 0.6) is 5.88 Å². The molecule has 46 heavy (non-hydrogen) atoms. The fourth-order valence-electron chi connectivity index (χ4n) is 5.26. The van der Waals surface area contributed by atoms with E-state index in [-0.39, 0.29) is 42.3 Å². The van der Waals surface area contributed by atoms with E-state index in [0.29, 0.717) is 55.3 Å². The lowest BCUT2D eigenvalue weighted by atomic mass is 10.1. The highest BCUT2D eigenvalue weighted by molar-refractivity contribution is 5.94. The number of rotatable bonds is 9. The fourth-order valence-corrected chi connectivity index (χ4v) is 5.26. The zero-order valence-corrected chi connectivity index (χ0v) is 25.9. The van der Waals surface area contributed by atoms with E-state index >= 15 is 0 Å². The van der Waals surface area contributed by atoms with Crippen LogP contribution in [0.25, 0.3) is 11.2 Å². The van der Waals surface area contributed by atoms with Crippen LogP contribution in [0.3, 0.4) is 0 Å². The zero-order valence-electron chi connectivity index (χ0n) is 25.9. The summed E-state index contributed by atoms with van der Waals surface area (Å²) >= 11 is 0. The molecule has 2 aliphatic heterocycles. The highest BCUT2D eigenvalue weighted by atomic mass is 19.1. The topological polar surface area (TPSA) is 136 Å². The molecule has 0 spiro atoms. The molecule has 3 aromatic heterocycles. The first-order chi connectivity index (χ1) is 22.1. The van der Waals surface area contributed by atoms with Crippen molar-refractivity contribution in [3.63, 3.8) is 0 Å². The second-order valence-corrected chi connectivity index (χ2v) is 12.3. The smallest absolute Gasteiger partial charge is 0.357 e. The first-order valence-corrected chi connectivity index (χ1v) is 15.1. The van der Waals surface area contributed by atoms with Gasteiger partial charge in [-0.1, -0.05) is 12.1 Å². The van der Waals surface area contributed by atoms with Gasteiger partial charge in [0.15, 0.2) is 11.3 Å². The van der Waals surface area contributed by atoms with Crippen LogP contribution >= 0.6 is 0 Å². The number of anilines is 1. The maximum atomic E-state index is 14.3. The Labute approximate surface area is 265 Å². The van der Waals surface area contributed by atoms with Crippen LogP contribution in [0, 0.1) is 17.1 Å². The van der Waals surface area contributed by atoms with E-state index in [1.807, 2.05) is 36.3 Å². The maximum Gasteiger partial charge on any atom is 0.357 e. The van der Waals surface area contributed by atoms with Crippen LogP contribution < -0.4 is 9.64 Å². The van der Waals surface area contributed by atoms with Gasteiger partial charge in [-0.2, -0.15) is 10.2 Å². The van der Waals surface area contributed by atoms with E-state index in [4.69, 9.17) is 24.5 Å². The predicted octanol–water partition coefficient (Wildman–Crippen LogP) is 4.01. The van der Waals surface area contributed by atoms with Gasteiger partial charge in [0.1, 0.15) is 35.2 Å². The molecular formula is C33H34FN7O5. The number of benzene rings is 1. The summed E-state index contributed by atoms with van der Waals surface area (Å²) in [6.45, 7) is 8.09. The summed E-state index contributed by atoms with van der Waals surface area (Å²) in [6, 6.07) is 14.6. The molecule has 12 nitrogen and oxygen atoms in total. The van der Waals surface area contributed by atoms with Crippen molar-refractivity contribution in [2.75, 3.05) is 31.1 Å². The Bertz CT molecular complexity index is 1830. The largest absolute Gasteiger partial charge is 0.473 e. The third kappa shape index (κ3) is 6.98. The van der Waals surface area contributed by atoms with Crippen molar-refractivity contribution in [3.05, 3.63) is 77.0 Å². The third-order valence-corrected chi connectivity index (χ3v) is 7.67. The molecule has 0 N–H and O–H groups in total. The van der Waals surface area contributed by atoms with Gasteiger partial charge in [-0.15, -0.1) is 0 Å². The van der Waals surface area contributed by atoms with E-state index in [0.717, 1.165) is 18.3 Å². The van der Waals surface area contributed by atoms with E-state index < -0.39 is 17.4 Å². The van der Waals surface area contributed by atoms with Gasteiger partial charge in [-0.05, 0) is 57.5 Å². The van der Waals surface area contributed by atoms with Crippen LogP contribution in [0.2, 0.25) is 0 Å². The van der Waals surface area contributed by atoms with Gasteiger partial charge >= 0.3 is 5.97 Å². The number of amides is 1. The molecule has 2 fully saturated rings. The number of fused-ring (bicyclic) bond motifs is 1. The molecule has 2 aliphatic rings. The number of imidazole rings is 1. The van der Waals surface area contributed by atoms with Crippen LogP contribution in [0.4, 0.5) is 10.2 Å². The number of aromatic nitrogens is 4. The van der Waals surface area contributed by atoms with Crippen molar-refractivity contribution in [2.45, 2.75) is 58.6 Å². The predicted molar refractivity (Wildman–Crippen MR) is 164 cm³/mol. The SMILES string of the molecule is CC(C)(C)OC(=O)c1ccc2nc(CN3CCN(c4cccc(OCc5ccc(C#N)cc5F)n4)C(=O)C3)n(C[C@@H]3CCO3)c2n1. The Kier molecular flexibility index (Phi) is 8.66. The second-order valence-electron chi connectivity index (χ2n) is 12.3. The van der Waals surface area contributed by atoms with E-state index in [2.05, 4.69) is 9.97 Å². The number of pyridine rings is 2. The molecule has 13 heteroatoms. The number of hydrogen-bond acceptors (Lipinski definition) is 10. The van der Waals surface area contributed by atoms with E-state index in [1.165, 1.54) is 12.1 Å². The van der Waals surface area contributed by atoms with Gasteiger partial charge in [-0.25, -0.2) is 19.2 Å². The summed E-state index contributed by atoms with van der Waals surface area (Å²) in [7, 11) is 0. The summed E-state index contributed by atoms with van der Waals surface area (Å²) in [4.78, 5) is 43.6. The minimum atomic E-state index is -0.650. The average molecular weight is 628 g/mol. The number of carbonyl (C=O) groups is 2. The minimum Gasteiger partial charge on any atom is -0.473 e. The van der Waals surface area contributed by atoms with Gasteiger partial charge in [-0.3, -0.25) is 14.6 Å². The number of carbonyl (C=O) groups excluding carboxylic acids is 2. The van der Waals surface area contributed by atoms with Crippen molar-refractivity contribution < 1.29 is 28.2 Å². The molecule has 0 bridgehead atoms. The number of ether oxygens (including phenoxy) is 3. The molecule has 0 saturated carbocycles. The van der Waals surface area contributed by atoms with Crippen LogP contribution in [0.1, 0.15) is 54.6 Å². The third-order valence-electron chi connectivity index (χ3n) is 7.67. The molecule has 0 radical (unpaired) electrons. The highest BCUT2D eigenvalue weighted by Gasteiger charge is 2.29. The molecule has 4 aromatic rings. The Morgan fingerprint density at radius 3 is 2.65 bits per heavy atom. The first kappa shape index (κ1) is 31.1. The van der Waals surface area contributed by atoms with Gasteiger partial charge in [0.2, 0.25) is 11.8 Å². The minimum absolute atomic E-state index is 0.0237. The normalized spacial score (nSPS) is 17.1. The lowest BCUT2D eigenvalue weighted by Gasteiger charge is -2.34. The summed E-state index contributed by atoms with van der Waals surface area (Å²) in [5, 5.41) is 8.95. The van der Waals surface area contributed by atoms with Crippen LogP contribution in [0.15, 0.2) is 48.5 Å². The van der Waals surface area contributed by atoms with Gasteiger partial charge < -0.3 is 18.8 Å². The van der Waals surface area contributed by atoms with Crippen molar-refractivity contribution in [1.29, 1.82) is 5.26 Å². The summed E-state index contributed by atoms with van der Waals surface area (Å²) in [5.41, 5.74) is 1.29. The molecule has 2 saturated heterocycles. The summed E-state index contributed by atoms with van der Waals surface area (Å²) < 4.78 is 33.2. The Balaban J connectivity index is 1.14. The van der Waals surface area contributed by atoms with Gasteiger partial charge in [0, 0.05) is 31.3 Å². The molecule has 6 rings (SSSR count). The first-order valence-electron chi connectivity index (χ1n) is 15.1. The van der Waals surface area contributed by atoms with Crippen LogP contribution in [-0.2, 0) is 34.0 Å².